The van der Waals surface area contributed by atoms with Crippen LogP contribution in [0.15, 0.2) is 48.5 Å². The highest BCUT2D eigenvalue weighted by molar-refractivity contribution is 7.13. The van der Waals surface area contributed by atoms with Crippen molar-refractivity contribution >= 4 is 34.6 Å². The Bertz CT molecular complexity index is 1080. The van der Waals surface area contributed by atoms with E-state index in [1.807, 2.05) is 24.3 Å². The number of urea groups is 1. The lowest BCUT2D eigenvalue weighted by Gasteiger charge is -2.31. The SMILES string of the molecule is CCc1ccc(NC(=O)N2CCC[C@H](c3nnc(C(=O)Nc4ccc(F)cc4)s3)C2)cc1. The Morgan fingerprint density at radius 3 is 2.47 bits per heavy atom. The van der Waals surface area contributed by atoms with E-state index < -0.39 is 0 Å². The van der Waals surface area contributed by atoms with Crippen LogP contribution in [-0.4, -0.2) is 40.1 Å². The molecule has 3 amide bonds. The second-order valence-electron chi connectivity index (χ2n) is 7.67. The van der Waals surface area contributed by atoms with Crippen molar-refractivity contribution in [3.63, 3.8) is 0 Å². The number of piperidine rings is 1. The summed E-state index contributed by atoms with van der Waals surface area (Å²) in [4.78, 5) is 27.0. The highest BCUT2D eigenvalue weighted by Gasteiger charge is 2.28. The number of rotatable bonds is 5. The molecule has 2 aromatic carbocycles. The second-order valence-corrected chi connectivity index (χ2v) is 8.68. The highest BCUT2D eigenvalue weighted by Crippen LogP contribution is 2.29. The van der Waals surface area contributed by atoms with E-state index in [2.05, 4.69) is 27.8 Å². The summed E-state index contributed by atoms with van der Waals surface area (Å²) < 4.78 is 13.0. The van der Waals surface area contributed by atoms with Gasteiger partial charge in [0.15, 0.2) is 0 Å². The van der Waals surface area contributed by atoms with Crippen molar-refractivity contribution in [2.75, 3.05) is 23.7 Å². The van der Waals surface area contributed by atoms with Gasteiger partial charge in [0.05, 0.1) is 0 Å². The van der Waals surface area contributed by atoms with Gasteiger partial charge in [0.2, 0.25) is 5.01 Å². The topological polar surface area (TPSA) is 87.2 Å². The van der Waals surface area contributed by atoms with Crippen LogP contribution in [0.2, 0.25) is 0 Å². The molecule has 0 saturated carbocycles. The second kappa shape index (κ2) is 9.86. The maximum Gasteiger partial charge on any atom is 0.321 e. The van der Waals surface area contributed by atoms with Gasteiger partial charge in [-0.25, -0.2) is 9.18 Å². The number of likely N-dealkylation sites (tertiary alicyclic amines) is 1. The lowest BCUT2D eigenvalue weighted by molar-refractivity contribution is 0.102. The Balaban J connectivity index is 1.36. The average Bonchev–Trinajstić information content (AvgIpc) is 3.32. The lowest BCUT2D eigenvalue weighted by atomic mass is 9.99. The minimum atomic E-state index is -0.388. The number of nitrogens with one attached hydrogen (secondary N) is 2. The van der Waals surface area contributed by atoms with Crippen molar-refractivity contribution in [1.29, 1.82) is 0 Å². The van der Waals surface area contributed by atoms with Crippen LogP contribution >= 0.6 is 11.3 Å². The maximum atomic E-state index is 13.0. The van der Waals surface area contributed by atoms with Crippen molar-refractivity contribution in [2.45, 2.75) is 32.1 Å². The van der Waals surface area contributed by atoms with E-state index in [0.29, 0.717) is 18.8 Å². The Hall–Kier alpha value is -3.33. The first-order chi connectivity index (χ1) is 15.5. The molecule has 0 unspecified atom stereocenters. The Kier molecular flexibility index (Phi) is 6.75. The standard InChI is InChI=1S/C23H24FN5O2S/c1-2-15-5-9-19(10-6-15)26-23(31)29-13-3-4-16(14-29)21-27-28-22(32-21)20(30)25-18-11-7-17(24)8-12-18/h5-12,16H,2-4,13-14H2,1H3,(H,25,30)(H,26,31)/t16-/m0/s1. The summed E-state index contributed by atoms with van der Waals surface area (Å²) in [6.45, 7) is 3.28. The zero-order valence-corrected chi connectivity index (χ0v) is 18.5. The van der Waals surface area contributed by atoms with E-state index >= 15 is 0 Å². The summed E-state index contributed by atoms with van der Waals surface area (Å²) >= 11 is 1.23. The third-order valence-corrected chi connectivity index (χ3v) is 6.49. The predicted molar refractivity (Wildman–Crippen MR) is 123 cm³/mol. The number of benzene rings is 2. The van der Waals surface area contributed by atoms with E-state index in [0.717, 1.165) is 30.0 Å². The Morgan fingerprint density at radius 1 is 1.06 bits per heavy atom. The van der Waals surface area contributed by atoms with Crippen LogP contribution in [0, 0.1) is 5.82 Å². The Morgan fingerprint density at radius 2 is 1.75 bits per heavy atom. The average molecular weight is 454 g/mol. The minimum Gasteiger partial charge on any atom is -0.324 e. The largest absolute Gasteiger partial charge is 0.324 e. The lowest BCUT2D eigenvalue weighted by Crippen LogP contribution is -2.41. The van der Waals surface area contributed by atoms with Gasteiger partial charge >= 0.3 is 6.03 Å². The van der Waals surface area contributed by atoms with Gasteiger partial charge in [0.25, 0.3) is 5.91 Å². The van der Waals surface area contributed by atoms with E-state index in [9.17, 15) is 14.0 Å². The van der Waals surface area contributed by atoms with Crippen LogP contribution in [0.5, 0.6) is 0 Å². The van der Waals surface area contributed by atoms with Crippen molar-refractivity contribution < 1.29 is 14.0 Å². The molecule has 0 radical (unpaired) electrons. The van der Waals surface area contributed by atoms with Crippen LogP contribution in [-0.2, 0) is 6.42 Å². The fourth-order valence-corrected chi connectivity index (χ4v) is 4.46. The van der Waals surface area contributed by atoms with Gasteiger partial charge in [-0.1, -0.05) is 30.4 Å². The third-order valence-electron chi connectivity index (χ3n) is 5.41. The number of anilines is 2. The third kappa shape index (κ3) is 5.28. The summed E-state index contributed by atoms with van der Waals surface area (Å²) in [6, 6.07) is 13.2. The molecule has 0 aliphatic carbocycles. The molecule has 9 heteroatoms. The highest BCUT2D eigenvalue weighted by atomic mass is 32.1. The molecule has 2 heterocycles. The summed E-state index contributed by atoms with van der Waals surface area (Å²) in [5.74, 6) is -0.729. The minimum absolute atomic E-state index is 0.0295. The molecule has 0 bridgehead atoms. The molecule has 1 saturated heterocycles. The maximum absolute atomic E-state index is 13.0. The zero-order chi connectivity index (χ0) is 22.5. The van der Waals surface area contributed by atoms with Gasteiger partial charge in [-0.2, -0.15) is 0 Å². The smallest absolute Gasteiger partial charge is 0.321 e. The molecule has 1 aliphatic rings. The van der Waals surface area contributed by atoms with Crippen molar-refractivity contribution in [3.05, 3.63) is 69.9 Å². The zero-order valence-electron chi connectivity index (χ0n) is 17.7. The summed E-state index contributed by atoms with van der Waals surface area (Å²) in [5, 5.41) is 14.8. The number of carbonyl (C=O) groups is 2. The molecule has 1 aliphatic heterocycles. The molecule has 4 rings (SSSR count). The fourth-order valence-electron chi connectivity index (χ4n) is 3.60. The number of hydrogen-bond acceptors (Lipinski definition) is 5. The molecular formula is C23H24FN5O2S. The molecule has 2 N–H and O–H groups in total. The molecule has 1 fully saturated rings. The molecule has 7 nitrogen and oxygen atoms in total. The van der Waals surface area contributed by atoms with Crippen LogP contribution < -0.4 is 10.6 Å². The van der Waals surface area contributed by atoms with Crippen LogP contribution in [0.4, 0.5) is 20.6 Å². The van der Waals surface area contributed by atoms with Gasteiger partial charge in [0, 0.05) is 30.4 Å². The molecule has 0 spiro atoms. The van der Waals surface area contributed by atoms with E-state index in [1.165, 1.54) is 41.2 Å². The Labute approximate surface area is 189 Å². The number of hydrogen-bond donors (Lipinski definition) is 2. The van der Waals surface area contributed by atoms with Gasteiger partial charge in [-0.3, -0.25) is 4.79 Å². The van der Waals surface area contributed by atoms with Gasteiger partial charge < -0.3 is 15.5 Å². The number of amides is 3. The first kappa shape index (κ1) is 21.9. The van der Waals surface area contributed by atoms with Crippen LogP contribution in [0.1, 0.15) is 46.1 Å². The van der Waals surface area contributed by atoms with Crippen molar-refractivity contribution in [3.8, 4) is 0 Å². The molecule has 166 valence electrons. The monoisotopic (exact) mass is 453 g/mol. The summed E-state index contributed by atoms with van der Waals surface area (Å²) in [5.41, 5.74) is 2.47. The van der Waals surface area contributed by atoms with Gasteiger partial charge in [-0.15, -0.1) is 10.2 Å². The van der Waals surface area contributed by atoms with Crippen molar-refractivity contribution in [1.82, 2.24) is 15.1 Å². The normalized spacial score (nSPS) is 15.9. The molecule has 1 aromatic heterocycles. The van der Waals surface area contributed by atoms with E-state index in [1.54, 1.807) is 4.90 Å². The number of nitrogens with zero attached hydrogens (tertiary/aromatic N) is 3. The summed E-state index contributed by atoms with van der Waals surface area (Å²) in [7, 11) is 0. The van der Waals surface area contributed by atoms with E-state index in [4.69, 9.17) is 0 Å². The van der Waals surface area contributed by atoms with Crippen LogP contribution in [0.25, 0.3) is 0 Å². The molecule has 32 heavy (non-hydrogen) atoms. The van der Waals surface area contributed by atoms with Crippen molar-refractivity contribution in [2.24, 2.45) is 0 Å². The number of aromatic nitrogens is 2. The molecule has 3 aromatic rings. The first-order valence-corrected chi connectivity index (χ1v) is 11.4. The molecule has 1 atom stereocenters. The number of halogens is 1. The predicted octanol–water partition coefficient (Wildman–Crippen LogP) is 4.90. The summed E-state index contributed by atoms with van der Waals surface area (Å²) in [6.07, 6.45) is 2.68. The van der Waals surface area contributed by atoms with E-state index in [-0.39, 0.29) is 28.7 Å². The fraction of sp³-hybridized carbons (Fsp3) is 0.304. The quantitative estimate of drug-likeness (QED) is 0.575. The number of carbonyl (C=O) groups excluding carboxylic acids is 2. The van der Waals surface area contributed by atoms with Crippen LogP contribution in [0.3, 0.4) is 0 Å². The first-order valence-electron chi connectivity index (χ1n) is 10.6. The van der Waals surface area contributed by atoms with Gasteiger partial charge in [-0.05, 0) is 61.2 Å². The van der Waals surface area contributed by atoms with Gasteiger partial charge in [0.1, 0.15) is 10.8 Å². The number of aryl methyl sites for hydroxylation is 1. The molecular weight excluding hydrogens is 429 g/mol.